The number of nitrogens with zero attached hydrogens (tertiary/aromatic N) is 6. The second-order valence-corrected chi connectivity index (χ2v) is 13.0. The summed E-state index contributed by atoms with van der Waals surface area (Å²) >= 11 is 0. The Hall–Kier alpha value is -5.54. The Morgan fingerprint density at radius 3 is 2.20 bits per heavy atom. The summed E-state index contributed by atoms with van der Waals surface area (Å²) in [5.41, 5.74) is 7.59. The van der Waals surface area contributed by atoms with E-state index in [9.17, 15) is 35.9 Å². The van der Waals surface area contributed by atoms with Crippen LogP contribution in [-0.2, 0) is 41.8 Å². The van der Waals surface area contributed by atoms with Crippen LogP contribution >= 0.6 is 0 Å². The van der Waals surface area contributed by atoms with E-state index in [2.05, 4.69) is 19.9 Å². The zero-order chi connectivity index (χ0) is 37.5. The van der Waals surface area contributed by atoms with Crippen LogP contribution in [0.25, 0.3) is 22.2 Å². The lowest BCUT2D eigenvalue weighted by atomic mass is 9.78. The Kier molecular flexibility index (Phi) is 9.83. The van der Waals surface area contributed by atoms with Crippen LogP contribution in [0, 0.1) is 5.41 Å². The fraction of sp³-hybridized carbons (Fsp3) is 0.314. The molecule has 10 nitrogen and oxygen atoms in total. The Labute approximate surface area is 288 Å². The van der Waals surface area contributed by atoms with Crippen molar-refractivity contribution in [1.29, 1.82) is 0 Å². The van der Waals surface area contributed by atoms with Gasteiger partial charge in [0.15, 0.2) is 0 Å². The lowest BCUT2D eigenvalue weighted by Crippen LogP contribution is -2.30. The van der Waals surface area contributed by atoms with Crippen molar-refractivity contribution in [2.24, 2.45) is 12.5 Å². The highest BCUT2D eigenvalue weighted by Gasteiger charge is 2.38. The van der Waals surface area contributed by atoms with Crippen LogP contribution in [0.5, 0.6) is 0 Å². The summed E-state index contributed by atoms with van der Waals surface area (Å²) in [7, 11) is 1.88. The summed E-state index contributed by atoms with van der Waals surface area (Å²) < 4.78 is 78.2. The van der Waals surface area contributed by atoms with Crippen molar-refractivity contribution >= 4 is 34.4 Å². The lowest BCUT2D eigenvalue weighted by Gasteiger charge is -2.26. The molecule has 0 fully saturated rings. The first-order valence-electron chi connectivity index (χ1n) is 15.5. The number of aromatic nitrogens is 5. The molecule has 0 saturated carbocycles. The van der Waals surface area contributed by atoms with Crippen molar-refractivity contribution in [3.8, 4) is 11.1 Å². The number of aliphatic carboxylic acids is 1. The number of nitrogen functional groups attached to an aromatic ring is 1. The summed E-state index contributed by atoms with van der Waals surface area (Å²) in [5.74, 6) is -2.17. The van der Waals surface area contributed by atoms with Crippen LogP contribution in [0.4, 0.5) is 37.8 Å². The normalized spacial score (nSPS) is 13.8. The molecular weight excluding hydrogens is 680 g/mol. The Balaban J connectivity index is 0.000000238. The minimum atomic E-state index is -4.57. The third kappa shape index (κ3) is 7.94. The van der Waals surface area contributed by atoms with E-state index < -0.39 is 41.0 Å². The van der Waals surface area contributed by atoms with Crippen LogP contribution in [0.1, 0.15) is 55.0 Å². The van der Waals surface area contributed by atoms with Crippen molar-refractivity contribution in [3.05, 3.63) is 95.5 Å². The first-order valence-corrected chi connectivity index (χ1v) is 15.5. The van der Waals surface area contributed by atoms with Gasteiger partial charge in [-0.25, -0.2) is 19.9 Å². The van der Waals surface area contributed by atoms with Gasteiger partial charge in [0, 0.05) is 31.0 Å². The number of carboxylic acids is 1. The molecule has 16 heteroatoms. The summed E-state index contributed by atoms with van der Waals surface area (Å²) in [4.78, 5) is 41.1. The van der Waals surface area contributed by atoms with Gasteiger partial charge < -0.3 is 20.3 Å². The second-order valence-electron chi connectivity index (χ2n) is 13.0. The van der Waals surface area contributed by atoms with Gasteiger partial charge in [-0.1, -0.05) is 39.0 Å². The number of benzene rings is 1. The molecule has 4 aromatic heterocycles. The largest absolute Gasteiger partial charge is 0.481 e. The number of hydrogen-bond acceptors (Lipinski definition) is 7. The average molecular weight is 714 g/mol. The number of fused-ring (bicyclic) bond motifs is 2. The van der Waals surface area contributed by atoms with Crippen molar-refractivity contribution in [1.82, 2.24) is 24.5 Å². The molecule has 5 aromatic rings. The number of carbonyl (C=O) groups excluding carboxylic acids is 1. The van der Waals surface area contributed by atoms with Crippen LogP contribution in [0.2, 0.25) is 0 Å². The fourth-order valence-electron chi connectivity index (χ4n) is 5.98. The molecule has 1 aliphatic heterocycles. The number of halogens is 6. The lowest BCUT2D eigenvalue weighted by molar-refractivity contribution is -0.144. The number of pyridine rings is 2. The first-order chi connectivity index (χ1) is 23.8. The van der Waals surface area contributed by atoms with Gasteiger partial charge in [-0.15, -0.1) is 0 Å². The fourth-order valence-corrected chi connectivity index (χ4v) is 5.98. The number of hydrogen-bond donors (Lipinski definition) is 2. The van der Waals surface area contributed by atoms with Gasteiger partial charge in [-0.2, -0.15) is 26.3 Å². The molecular formula is C35H33F6N7O3. The van der Waals surface area contributed by atoms with E-state index in [0.29, 0.717) is 18.8 Å². The molecule has 6 rings (SSSR count). The monoisotopic (exact) mass is 713 g/mol. The molecule has 1 amide bonds. The minimum Gasteiger partial charge on any atom is -0.481 e. The molecule has 0 radical (unpaired) electrons. The summed E-state index contributed by atoms with van der Waals surface area (Å²) in [5, 5.41) is 9.90. The maximum Gasteiger partial charge on any atom is 0.433 e. The molecule has 1 atom stereocenters. The predicted octanol–water partition coefficient (Wildman–Crippen LogP) is 7.08. The van der Waals surface area contributed by atoms with Crippen molar-refractivity contribution < 1.29 is 41.0 Å². The van der Waals surface area contributed by atoms with E-state index >= 15 is 0 Å². The number of carboxylic acid groups (broad SMARTS) is 1. The number of carbonyl (C=O) groups is 2. The first kappa shape index (κ1) is 36.7. The highest BCUT2D eigenvalue weighted by atomic mass is 19.4. The highest BCUT2D eigenvalue weighted by molar-refractivity contribution is 6.02. The summed E-state index contributed by atoms with van der Waals surface area (Å²) in [6.45, 7) is 5.40. The Morgan fingerprint density at radius 2 is 1.57 bits per heavy atom. The third-order valence-electron chi connectivity index (χ3n) is 8.27. The molecule has 3 N–H and O–H groups in total. The number of rotatable bonds is 5. The van der Waals surface area contributed by atoms with Gasteiger partial charge >= 0.3 is 18.3 Å². The van der Waals surface area contributed by atoms with E-state index in [4.69, 9.17) is 10.8 Å². The van der Waals surface area contributed by atoms with Crippen LogP contribution in [0.15, 0.2) is 67.1 Å². The molecule has 1 unspecified atom stereocenters. The molecule has 0 spiro atoms. The van der Waals surface area contributed by atoms with Gasteiger partial charge in [-0.3, -0.25) is 9.59 Å². The number of alkyl halides is 6. The molecule has 1 aromatic carbocycles. The van der Waals surface area contributed by atoms with Crippen LogP contribution in [-0.4, -0.2) is 48.0 Å². The molecule has 5 heterocycles. The smallest absolute Gasteiger partial charge is 0.433 e. The van der Waals surface area contributed by atoms with E-state index in [1.54, 1.807) is 25.7 Å². The Morgan fingerprint density at radius 1 is 0.922 bits per heavy atom. The zero-order valence-electron chi connectivity index (χ0n) is 27.8. The number of aryl methyl sites for hydroxylation is 1. The number of nitrogens with two attached hydrogens (primary N) is 1. The highest BCUT2D eigenvalue weighted by Crippen LogP contribution is 2.38. The molecule has 268 valence electrons. The van der Waals surface area contributed by atoms with Crippen molar-refractivity contribution in [2.45, 2.75) is 51.9 Å². The van der Waals surface area contributed by atoms with Crippen LogP contribution in [0.3, 0.4) is 0 Å². The zero-order valence-corrected chi connectivity index (χ0v) is 27.8. The standard InChI is InChI=1S/C23H19F3N6O.C12H14F3NO2/c1-31-11-16(20-21(27)28-12-29-22(20)31)13-5-6-17-14(9-13)7-8-32(17)19(33)10-15-3-2-4-18(30-15)23(24,25)26;1-11(2,3)9(10(17)18)7-5-4-6-8(16-7)12(13,14)15/h2-6,9,11-12H,7-8,10H2,1H3,(H2,27,28,29);4-6,9H,1-3H3,(H,17,18). The molecule has 0 saturated heterocycles. The van der Waals surface area contributed by atoms with E-state index in [-0.39, 0.29) is 23.7 Å². The topological polar surface area (TPSA) is 140 Å². The molecule has 51 heavy (non-hydrogen) atoms. The summed E-state index contributed by atoms with van der Waals surface area (Å²) in [6, 6.07) is 12.7. The van der Waals surface area contributed by atoms with Crippen LogP contribution < -0.4 is 10.6 Å². The second kappa shape index (κ2) is 13.6. The van der Waals surface area contributed by atoms with Gasteiger partial charge in [0.1, 0.15) is 35.1 Å². The number of amides is 1. The van der Waals surface area contributed by atoms with Gasteiger partial charge in [-0.05, 0) is 59.4 Å². The SMILES string of the molecule is CC(C)(C)C(C(=O)O)c1cccc(C(F)(F)F)n1.Cn1cc(-c2ccc3c(c2)CCN3C(=O)Cc2cccc(C(F)(F)F)n2)c2c(N)ncnc21. The van der Waals surface area contributed by atoms with Gasteiger partial charge in [0.05, 0.1) is 23.2 Å². The van der Waals surface area contributed by atoms with Gasteiger partial charge in [0.25, 0.3) is 0 Å². The maximum absolute atomic E-state index is 12.9. The van der Waals surface area contributed by atoms with Gasteiger partial charge in [0.2, 0.25) is 5.91 Å². The third-order valence-corrected chi connectivity index (χ3v) is 8.27. The quantitative estimate of drug-likeness (QED) is 0.184. The average Bonchev–Trinajstić information content (AvgIpc) is 3.61. The molecule has 0 bridgehead atoms. The predicted molar refractivity (Wildman–Crippen MR) is 176 cm³/mol. The molecule has 0 aliphatic carbocycles. The van der Waals surface area contributed by atoms with E-state index in [0.717, 1.165) is 45.5 Å². The molecule has 1 aliphatic rings. The Bertz CT molecular complexity index is 2100. The summed E-state index contributed by atoms with van der Waals surface area (Å²) in [6.07, 6.45) is -5.33. The van der Waals surface area contributed by atoms with Crippen molar-refractivity contribution in [3.63, 3.8) is 0 Å². The van der Waals surface area contributed by atoms with E-state index in [1.807, 2.05) is 36.0 Å². The number of anilines is 2. The maximum atomic E-state index is 12.9. The van der Waals surface area contributed by atoms with E-state index in [1.165, 1.54) is 30.6 Å². The minimum absolute atomic E-state index is 0.0789. The van der Waals surface area contributed by atoms with Crippen molar-refractivity contribution in [2.75, 3.05) is 17.2 Å².